The SMILES string of the molecule is Cc1cc(CN2CCC(N)CC2)sc1C. The number of likely N-dealkylation sites (tertiary alicyclic amines) is 1. The van der Waals surface area contributed by atoms with Crippen molar-refractivity contribution in [3.05, 3.63) is 21.4 Å². The van der Waals surface area contributed by atoms with Gasteiger partial charge in [0.25, 0.3) is 0 Å². The van der Waals surface area contributed by atoms with E-state index in [1.807, 2.05) is 11.3 Å². The molecule has 0 aliphatic carbocycles. The van der Waals surface area contributed by atoms with Crippen molar-refractivity contribution in [1.29, 1.82) is 0 Å². The van der Waals surface area contributed by atoms with Gasteiger partial charge in [-0.2, -0.15) is 0 Å². The van der Waals surface area contributed by atoms with Gasteiger partial charge in [0.1, 0.15) is 0 Å². The molecule has 1 aliphatic heterocycles. The van der Waals surface area contributed by atoms with Gasteiger partial charge in [-0.3, -0.25) is 4.90 Å². The fraction of sp³-hybridized carbons (Fsp3) is 0.667. The molecule has 2 N–H and O–H groups in total. The van der Waals surface area contributed by atoms with Crippen molar-refractivity contribution < 1.29 is 0 Å². The molecule has 1 aliphatic rings. The first-order chi connectivity index (χ1) is 7.15. The van der Waals surface area contributed by atoms with Gasteiger partial charge in [-0.25, -0.2) is 0 Å². The highest BCUT2D eigenvalue weighted by molar-refractivity contribution is 7.12. The van der Waals surface area contributed by atoms with E-state index in [-0.39, 0.29) is 0 Å². The molecule has 1 saturated heterocycles. The van der Waals surface area contributed by atoms with Gasteiger partial charge in [0.15, 0.2) is 0 Å². The first-order valence-electron chi connectivity index (χ1n) is 5.69. The largest absolute Gasteiger partial charge is 0.328 e. The summed E-state index contributed by atoms with van der Waals surface area (Å²) in [5.41, 5.74) is 7.33. The molecule has 0 aromatic carbocycles. The molecule has 2 nitrogen and oxygen atoms in total. The summed E-state index contributed by atoms with van der Waals surface area (Å²) in [5.74, 6) is 0. The van der Waals surface area contributed by atoms with E-state index in [1.165, 1.54) is 15.3 Å². The molecular formula is C12H20N2S. The van der Waals surface area contributed by atoms with E-state index < -0.39 is 0 Å². The molecular weight excluding hydrogens is 204 g/mol. The van der Waals surface area contributed by atoms with Gasteiger partial charge in [-0.1, -0.05) is 0 Å². The van der Waals surface area contributed by atoms with Crippen LogP contribution < -0.4 is 5.73 Å². The third kappa shape index (κ3) is 2.80. The van der Waals surface area contributed by atoms with E-state index in [9.17, 15) is 0 Å². The van der Waals surface area contributed by atoms with Gasteiger partial charge in [-0.15, -0.1) is 11.3 Å². The summed E-state index contributed by atoms with van der Waals surface area (Å²) in [4.78, 5) is 5.48. The van der Waals surface area contributed by atoms with Crippen LogP contribution in [0.3, 0.4) is 0 Å². The van der Waals surface area contributed by atoms with E-state index in [1.54, 1.807) is 0 Å². The van der Waals surface area contributed by atoms with Crippen LogP contribution in [0, 0.1) is 13.8 Å². The minimum atomic E-state index is 0.438. The van der Waals surface area contributed by atoms with Crippen molar-refractivity contribution in [1.82, 2.24) is 4.90 Å². The summed E-state index contributed by atoms with van der Waals surface area (Å²) in [5, 5.41) is 0. The molecule has 0 bridgehead atoms. The van der Waals surface area contributed by atoms with E-state index in [2.05, 4.69) is 24.8 Å². The minimum Gasteiger partial charge on any atom is -0.328 e. The van der Waals surface area contributed by atoms with E-state index in [0.29, 0.717) is 6.04 Å². The van der Waals surface area contributed by atoms with E-state index in [0.717, 1.165) is 32.5 Å². The zero-order valence-electron chi connectivity index (χ0n) is 9.62. The Morgan fingerprint density at radius 1 is 1.40 bits per heavy atom. The minimum absolute atomic E-state index is 0.438. The molecule has 0 unspecified atom stereocenters. The van der Waals surface area contributed by atoms with Gasteiger partial charge in [0.2, 0.25) is 0 Å². The Hall–Kier alpha value is -0.380. The number of aryl methyl sites for hydroxylation is 2. The summed E-state index contributed by atoms with van der Waals surface area (Å²) in [6.07, 6.45) is 2.31. The van der Waals surface area contributed by atoms with E-state index >= 15 is 0 Å². The molecule has 3 heteroatoms. The second-order valence-electron chi connectivity index (χ2n) is 4.57. The summed E-state index contributed by atoms with van der Waals surface area (Å²) in [6, 6.07) is 2.77. The summed E-state index contributed by atoms with van der Waals surface area (Å²) in [7, 11) is 0. The van der Waals surface area contributed by atoms with Crippen LogP contribution in [0.15, 0.2) is 6.07 Å². The molecule has 2 rings (SSSR count). The monoisotopic (exact) mass is 224 g/mol. The lowest BCUT2D eigenvalue weighted by atomic mass is 10.1. The highest BCUT2D eigenvalue weighted by Gasteiger charge is 2.16. The predicted molar refractivity (Wildman–Crippen MR) is 66.3 cm³/mol. The molecule has 0 radical (unpaired) electrons. The van der Waals surface area contributed by atoms with Crippen molar-refractivity contribution in [3.63, 3.8) is 0 Å². The van der Waals surface area contributed by atoms with Crippen molar-refractivity contribution >= 4 is 11.3 Å². The molecule has 2 heterocycles. The highest BCUT2D eigenvalue weighted by atomic mass is 32.1. The summed E-state index contributed by atoms with van der Waals surface area (Å²) < 4.78 is 0. The maximum atomic E-state index is 5.89. The second-order valence-corrected chi connectivity index (χ2v) is 5.91. The first kappa shape index (κ1) is 11.1. The van der Waals surface area contributed by atoms with Gasteiger partial charge in [-0.05, 0) is 51.4 Å². The number of hydrogen-bond acceptors (Lipinski definition) is 3. The lowest BCUT2D eigenvalue weighted by Gasteiger charge is -2.29. The molecule has 0 atom stereocenters. The quantitative estimate of drug-likeness (QED) is 0.835. The number of rotatable bonds is 2. The normalized spacial score (nSPS) is 19.7. The lowest BCUT2D eigenvalue weighted by molar-refractivity contribution is 0.207. The summed E-state index contributed by atoms with van der Waals surface area (Å²) in [6.45, 7) is 7.84. The standard InChI is InChI=1S/C12H20N2S/c1-9-7-12(15-10(9)2)8-14-5-3-11(13)4-6-14/h7,11H,3-6,8,13H2,1-2H3. The fourth-order valence-electron chi connectivity index (χ4n) is 2.06. The molecule has 0 saturated carbocycles. The van der Waals surface area contributed by atoms with Crippen molar-refractivity contribution in [2.75, 3.05) is 13.1 Å². The molecule has 0 amide bonds. The zero-order valence-corrected chi connectivity index (χ0v) is 10.4. The smallest absolute Gasteiger partial charge is 0.0328 e. The van der Waals surface area contributed by atoms with Gasteiger partial charge < -0.3 is 5.73 Å². The maximum Gasteiger partial charge on any atom is 0.0328 e. The number of hydrogen-bond donors (Lipinski definition) is 1. The third-order valence-electron chi connectivity index (χ3n) is 3.23. The number of thiophene rings is 1. The Morgan fingerprint density at radius 2 is 2.07 bits per heavy atom. The van der Waals surface area contributed by atoms with Gasteiger partial charge in [0, 0.05) is 22.3 Å². The maximum absolute atomic E-state index is 5.89. The lowest BCUT2D eigenvalue weighted by Crippen LogP contribution is -2.39. The van der Waals surface area contributed by atoms with E-state index in [4.69, 9.17) is 5.73 Å². The van der Waals surface area contributed by atoms with Crippen LogP contribution in [0.2, 0.25) is 0 Å². The first-order valence-corrected chi connectivity index (χ1v) is 6.50. The molecule has 1 aromatic heterocycles. The van der Waals surface area contributed by atoms with Crippen molar-refractivity contribution in [3.8, 4) is 0 Å². The van der Waals surface area contributed by atoms with Crippen LogP contribution >= 0.6 is 11.3 Å². The fourth-order valence-corrected chi connectivity index (χ4v) is 3.16. The number of nitrogens with zero attached hydrogens (tertiary/aromatic N) is 1. The van der Waals surface area contributed by atoms with Crippen LogP contribution in [0.25, 0.3) is 0 Å². The van der Waals surface area contributed by atoms with Crippen LogP contribution in [-0.2, 0) is 6.54 Å². The number of piperidine rings is 1. The Labute approximate surface area is 96.1 Å². The molecule has 84 valence electrons. The number of nitrogens with two attached hydrogens (primary N) is 1. The third-order valence-corrected chi connectivity index (χ3v) is 4.37. The predicted octanol–water partition coefficient (Wildman–Crippen LogP) is 2.29. The molecule has 1 aromatic rings. The van der Waals surface area contributed by atoms with Crippen molar-refractivity contribution in [2.24, 2.45) is 5.73 Å². The van der Waals surface area contributed by atoms with Gasteiger partial charge >= 0.3 is 0 Å². The zero-order chi connectivity index (χ0) is 10.8. The van der Waals surface area contributed by atoms with Crippen LogP contribution in [0.4, 0.5) is 0 Å². The Morgan fingerprint density at radius 3 is 2.60 bits per heavy atom. The van der Waals surface area contributed by atoms with Crippen LogP contribution in [0.1, 0.15) is 28.2 Å². The summed E-state index contributed by atoms with van der Waals surface area (Å²) >= 11 is 1.94. The molecule has 15 heavy (non-hydrogen) atoms. The Kier molecular flexibility index (Phi) is 3.44. The molecule has 0 spiro atoms. The van der Waals surface area contributed by atoms with Crippen molar-refractivity contribution in [2.45, 2.75) is 39.3 Å². The second kappa shape index (κ2) is 4.64. The van der Waals surface area contributed by atoms with Crippen LogP contribution in [-0.4, -0.2) is 24.0 Å². The Bertz CT molecular complexity index is 305. The molecule has 1 fully saturated rings. The van der Waals surface area contributed by atoms with Gasteiger partial charge in [0.05, 0.1) is 0 Å². The topological polar surface area (TPSA) is 29.3 Å². The average Bonchev–Trinajstić information content (AvgIpc) is 2.50. The van der Waals surface area contributed by atoms with Crippen LogP contribution in [0.5, 0.6) is 0 Å². The average molecular weight is 224 g/mol. The Balaban J connectivity index is 1.91. The highest BCUT2D eigenvalue weighted by Crippen LogP contribution is 2.23.